The molecule has 2 aliphatic heterocycles. The van der Waals surface area contributed by atoms with Gasteiger partial charge in [-0.15, -0.1) is 0 Å². The molecule has 0 spiro atoms. The first-order valence-electron chi connectivity index (χ1n) is 11.6. The minimum atomic E-state index is -3.71. The minimum absolute atomic E-state index is 0.0650. The molecule has 0 bridgehead atoms. The molecule has 0 aliphatic carbocycles. The van der Waals surface area contributed by atoms with Crippen LogP contribution in [0.3, 0.4) is 0 Å². The van der Waals surface area contributed by atoms with Crippen LogP contribution in [0.4, 0.5) is 0 Å². The van der Waals surface area contributed by atoms with Crippen LogP contribution in [0.2, 0.25) is 0 Å². The molecule has 1 N–H and O–H groups in total. The van der Waals surface area contributed by atoms with Gasteiger partial charge in [-0.3, -0.25) is 9.59 Å². The van der Waals surface area contributed by atoms with E-state index in [-0.39, 0.29) is 35.4 Å². The molecular weight excluding hydrogens is 444 g/mol. The summed E-state index contributed by atoms with van der Waals surface area (Å²) in [6.45, 7) is 6.39. The van der Waals surface area contributed by atoms with Crippen LogP contribution in [0.15, 0.2) is 29.2 Å². The number of sulfonamides is 1. The van der Waals surface area contributed by atoms with Gasteiger partial charge in [0.2, 0.25) is 15.9 Å². The zero-order valence-corrected chi connectivity index (χ0v) is 20.8. The van der Waals surface area contributed by atoms with E-state index in [2.05, 4.69) is 10.2 Å². The third-order valence-corrected chi connectivity index (χ3v) is 8.32. The minimum Gasteiger partial charge on any atom is -0.379 e. The van der Waals surface area contributed by atoms with Crippen LogP contribution < -0.4 is 5.32 Å². The molecule has 0 radical (unpaired) electrons. The van der Waals surface area contributed by atoms with Gasteiger partial charge < -0.3 is 19.9 Å². The van der Waals surface area contributed by atoms with Crippen LogP contribution in [-0.2, 0) is 19.6 Å². The fourth-order valence-corrected chi connectivity index (χ4v) is 5.73. The Hall–Kier alpha value is -2.01. The van der Waals surface area contributed by atoms with Crippen LogP contribution in [-0.4, -0.2) is 99.9 Å². The summed E-state index contributed by atoms with van der Waals surface area (Å²) in [4.78, 5) is 30.3. The van der Waals surface area contributed by atoms with Crippen molar-refractivity contribution in [2.75, 3.05) is 53.5 Å². The van der Waals surface area contributed by atoms with Gasteiger partial charge in [0, 0.05) is 37.8 Å². The number of nitrogens with one attached hydrogen (secondary N) is 1. The maximum absolute atomic E-state index is 13.2. The van der Waals surface area contributed by atoms with E-state index in [9.17, 15) is 18.0 Å². The highest BCUT2D eigenvalue weighted by molar-refractivity contribution is 7.89. The fraction of sp³-hybridized carbons (Fsp3) is 0.652. The van der Waals surface area contributed by atoms with E-state index in [0.29, 0.717) is 32.3 Å². The first-order valence-corrected chi connectivity index (χ1v) is 13.0. The van der Waals surface area contributed by atoms with Crippen molar-refractivity contribution >= 4 is 21.8 Å². The molecule has 2 aliphatic rings. The van der Waals surface area contributed by atoms with Gasteiger partial charge in [-0.05, 0) is 51.1 Å². The molecule has 184 valence electrons. The quantitative estimate of drug-likeness (QED) is 0.626. The van der Waals surface area contributed by atoms with Gasteiger partial charge in [0.1, 0.15) is 6.04 Å². The van der Waals surface area contributed by atoms with Gasteiger partial charge in [-0.2, -0.15) is 4.31 Å². The molecule has 3 rings (SSSR count). The zero-order valence-electron chi connectivity index (χ0n) is 20.0. The lowest BCUT2D eigenvalue weighted by molar-refractivity contribution is -0.135. The maximum atomic E-state index is 13.2. The topological polar surface area (TPSA) is 99.3 Å². The molecule has 2 amide bonds. The summed E-state index contributed by atoms with van der Waals surface area (Å²) in [6, 6.07) is 5.77. The van der Waals surface area contributed by atoms with Gasteiger partial charge in [0.15, 0.2) is 0 Å². The summed E-state index contributed by atoms with van der Waals surface area (Å²) in [7, 11) is 0.382. The molecule has 2 heterocycles. The number of nitrogens with zero attached hydrogens (tertiary/aromatic N) is 3. The fourth-order valence-electron chi connectivity index (χ4n) is 4.27. The number of carbonyl (C=O) groups is 2. The number of piperidine rings is 1. The smallest absolute Gasteiger partial charge is 0.251 e. The summed E-state index contributed by atoms with van der Waals surface area (Å²) in [5.41, 5.74) is 0.217. The Kier molecular flexibility index (Phi) is 8.49. The number of rotatable bonds is 7. The van der Waals surface area contributed by atoms with Crippen molar-refractivity contribution in [3.8, 4) is 0 Å². The highest BCUT2D eigenvalue weighted by atomic mass is 32.2. The second-order valence-corrected chi connectivity index (χ2v) is 11.2. The highest BCUT2D eigenvalue weighted by Gasteiger charge is 2.32. The Labute approximate surface area is 197 Å². The molecule has 33 heavy (non-hydrogen) atoms. The number of amides is 2. The number of hydrogen-bond acceptors (Lipinski definition) is 6. The second kappa shape index (κ2) is 10.9. The summed E-state index contributed by atoms with van der Waals surface area (Å²) >= 11 is 0. The van der Waals surface area contributed by atoms with E-state index < -0.39 is 22.0 Å². The van der Waals surface area contributed by atoms with Gasteiger partial charge in [-0.1, -0.05) is 19.9 Å². The van der Waals surface area contributed by atoms with E-state index in [4.69, 9.17) is 4.74 Å². The van der Waals surface area contributed by atoms with Crippen molar-refractivity contribution < 1.29 is 22.7 Å². The number of hydrogen-bond donors (Lipinski definition) is 1. The third kappa shape index (κ3) is 6.11. The monoisotopic (exact) mass is 480 g/mol. The average Bonchev–Trinajstić information content (AvgIpc) is 2.82. The van der Waals surface area contributed by atoms with Crippen LogP contribution in [0.25, 0.3) is 0 Å². The predicted molar refractivity (Wildman–Crippen MR) is 125 cm³/mol. The van der Waals surface area contributed by atoms with Crippen LogP contribution in [0, 0.1) is 5.92 Å². The summed E-state index contributed by atoms with van der Waals surface area (Å²) in [5.74, 6) is -0.648. The molecule has 1 atom stereocenters. The Morgan fingerprint density at radius 3 is 2.30 bits per heavy atom. The molecule has 9 nitrogen and oxygen atoms in total. The first kappa shape index (κ1) is 25.6. The van der Waals surface area contributed by atoms with Crippen LogP contribution in [0.5, 0.6) is 0 Å². The lowest BCUT2D eigenvalue weighted by Gasteiger charge is -2.37. The molecule has 1 unspecified atom stereocenters. The van der Waals surface area contributed by atoms with Crippen molar-refractivity contribution in [3.05, 3.63) is 29.8 Å². The van der Waals surface area contributed by atoms with E-state index >= 15 is 0 Å². The lowest BCUT2D eigenvalue weighted by Crippen LogP contribution is -2.54. The van der Waals surface area contributed by atoms with Gasteiger partial charge in [-0.25, -0.2) is 8.42 Å². The lowest BCUT2D eigenvalue weighted by atomic mass is 9.98. The molecule has 1 aromatic rings. The molecule has 2 saturated heterocycles. The van der Waals surface area contributed by atoms with E-state index in [1.807, 2.05) is 32.8 Å². The van der Waals surface area contributed by atoms with Crippen LogP contribution in [0.1, 0.15) is 37.0 Å². The predicted octanol–water partition coefficient (Wildman–Crippen LogP) is 1.01. The van der Waals surface area contributed by atoms with Crippen LogP contribution >= 0.6 is 0 Å². The maximum Gasteiger partial charge on any atom is 0.251 e. The van der Waals surface area contributed by atoms with Crippen molar-refractivity contribution in [2.24, 2.45) is 5.92 Å². The molecule has 0 aromatic heterocycles. The first-order chi connectivity index (χ1) is 15.6. The Balaban J connectivity index is 1.71. The molecule has 0 saturated carbocycles. The van der Waals surface area contributed by atoms with Crippen molar-refractivity contribution in [1.82, 2.24) is 19.4 Å². The zero-order chi connectivity index (χ0) is 24.2. The average molecular weight is 481 g/mol. The van der Waals surface area contributed by atoms with Crippen molar-refractivity contribution in [1.29, 1.82) is 0 Å². The largest absolute Gasteiger partial charge is 0.379 e. The highest BCUT2D eigenvalue weighted by Crippen LogP contribution is 2.20. The van der Waals surface area contributed by atoms with Crippen molar-refractivity contribution in [3.63, 3.8) is 0 Å². The second-order valence-electron chi connectivity index (χ2n) is 9.26. The Bertz CT molecular complexity index is 936. The van der Waals surface area contributed by atoms with Gasteiger partial charge in [0.25, 0.3) is 5.91 Å². The number of likely N-dealkylation sites (tertiary alicyclic amines) is 1. The SMILES string of the molecule is CC(C)C(NC(=O)c1cccc(S(=O)(=O)N2CCOCC2)c1)C(=O)N1CCC(N(C)C)CC1. The number of ether oxygens (including phenoxy) is 1. The molecule has 1 aromatic carbocycles. The molecule has 2 fully saturated rings. The van der Waals surface area contributed by atoms with E-state index in [0.717, 1.165) is 12.8 Å². The van der Waals surface area contributed by atoms with E-state index in [1.54, 1.807) is 12.1 Å². The summed E-state index contributed by atoms with van der Waals surface area (Å²) in [6.07, 6.45) is 1.80. The number of carbonyl (C=O) groups excluding carboxylic acids is 2. The molecule has 10 heteroatoms. The molecular formula is C23H36N4O5S. The Morgan fingerprint density at radius 1 is 1.09 bits per heavy atom. The van der Waals surface area contributed by atoms with E-state index in [1.165, 1.54) is 16.4 Å². The third-order valence-electron chi connectivity index (χ3n) is 6.43. The van der Waals surface area contributed by atoms with Crippen molar-refractivity contribution in [2.45, 2.75) is 43.7 Å². The Morgan fingerprint density at radius 2 is 1.73 bits per heavy atom. The van der Waals surface area contributed by atoms with Gasteiger partial charge >= 0.3 is 0 Å². The standard InChI is InChI=1S/C23H36N4O5S/c1-17(2)21(23(29)26-10-8-19(9-11-26)25(3)4)24-22(28)18-6-5-7-20(16-18)33(30,31)27-12-14-32-15-13-27/h5-7,16-17,19,21H,8-15H2,1-4H3,(H,24,28). The number of benzene rings is 1. The number of morpholine rings is 1. The summed E-state index contributed by atoms with van der Waals surface area (Å²) in [5, 5.41) is 2.85. The summed E-state index contributed by atoms with van der Waals surface area (Å²) < 4.78 is 32.5. The van der Waals surface area contributed by atoms with Gasteiger partial charge in [0.05, 0.1) is 18.1 Å². The normalized spacial score (nSPS) is 19.6.